The Balaban J connectivity index is 1.56. The summed E-state index contributed by atoms with van der Waals surface area (Å²) in [5, 5.41) is 5.88. The first-order valence-electron chi connectivity index (χ1n) is 10.1. The van der Waals surface area contributed by atoms with Gasteiger partial charge in [-0.25, -0.2) is 4.79 Å². The van der Waals surface area contributed by atoms with E-state index in [1.165, 1.54) is 16.5 Å². The largest absolute Gasteiger partial charge is 0.381 e. The van der Waals surface area contributed by atoms with Crippen LogP contribution < -0.4 is 5.73 Å². The molecule has 2 aromatic rings. The van der Waals surface area contributed by atoms with Crippen molar-refractivity contribution in [1.82, 2.24) is 14.7 Å². The fourth-order valence-corrected chi connectivity index (χ4v) is 5.09. The van der Waals surface area contributed by atoms with Crippen LogP contribution in [0.15, 0.2) is 24.4 Å². The molecule has 6 heteroatoms. The third-order valence-corrected chi connectivity index (χ3v) is 6.59. The fourth-order valence-electron chi connectivity index (χ4n) is 5.09. The lowest BCUT2D eigenvalue weighted by Crippen LogP contribution is -2.52. The van der Waals surface area contributed by atoms with E-state index in [0.717, 1.165) is 38.5 Å². The molecule has 1 aromatic carbocycles. The Kier molecular flexibility index (Phi) is 5.08. The summed E-state index contributed by atoms with van der Waals surface area (Å²) >= 11 is 0. The number of primary amides is 1. The molecule has 146 valence electrons. The van der Waals surface area contributed by atoms with E-state index in [4.69, 9.17) is 15.6 Å². The number of aryl methyl sites for hydroxylation is 1. The Labute approximate surface area is 160 Å². The normalized spacial score (nSPS) is 29.2. The van der Waals surface area contributed by atoms with Crippen molar-refractivity contribution in [2.45, 2.75) is 63.6 Å². The minimum Gasteiger partial charge on any atom is -0.381 e. The van der Waals surface area contributed by atoms with Crippen molar-refractivity contribution < 1.29 is 9.53 Å². The predicted molar refractivity (Wildman–Crippen MR) is 106 cm³/mol. The number of nitrogens with two attached hydrogens (primary N) is 1. The molecule has 4 rings (SSSR count). The number of piperidine rings is 1. The Hall–Kier alpha value is -2.08. The number of benzene rings is 1. The molecule has 1 saturated carbocycles. The van der Waals surface area contributed by atoms with Gasteiger partial charge >= 0.3 is 6.03 Å². The van der Waals surface area contributed by atoms with E-state index >= 15 is 0 Å². The van der Waals surface area contributed by atoms with E-state index < -0.39 is 0 Å². The topological polar surface area (TPSA) is 73.4 Å². The number of urea groups is 1. The molecular formula is C21H30N4O2. The van der Waals surface area contributed by atoms with Gasteiger partial charge in [0.2, 0.25) is 0 Å². The Morgan fingerprint density at radius 1 is 1.22 bits per heavy atom. The third-order valence-electron chi connectivity index (χ3n) is 6.59. The van der Waals surface area contributed by atoms with Crippen molar-refractivity contribution >= 4 is 16.9 Å². The molecule has 0 bridgehead atoms. The number of aromatic nitrogens is 2. The van der Waals surface area contributed by atoms with Gasteiger partial charge in [-0.3, -0.25) is 4.68 Å². The lowest BCUT2D eigenvalue weighted by Gasteiger charge is -2.44. The van der Waals surface area contributed by atoms with Gasteiger partial charge in [-0.1, -0.05) is 11.6 Å². The zero-order chi connectivity index (χ0) is 19.0. The van der Waals surface area contributed by atoms with Gasteiger partial charge in [0, 0.05) is 25.1 Å². The zero-order valence-electron chi connectivity index (χ0n) is 16.3. The molecule has 1 aliphatic heterocycles. The van der Waals surface area contributed by atoms with Gasteiger partial charge in [0.1, 0.15) is 0 Å². The highest BCUT2D eigenvalue weighted by Gasteiger charge is 2.38. The molecule has 2 amide bonds. The standard InChI is InChI=1S/C21H30N4O2/c1-14-3-8-19-16(11-14)13-23-25(19)17-9-10-24(21(22)26)20(12-17)15-4-6-18(27-2)7-5-15/h3,8,11,13,15,17-18,20H,4-7,9-10,12H2,1-2H3,(H2,22,26). The van der Waals surface area contributed by atoms with Crippen molar-refractivity contribution in [3.05, 3.63) is 30.0 Å². The first-order valence-corrected chi connectivity index (χ1v) is 10.1. The minimum atomic E-state index is -0.284. The van der Waals surface area contributed by atoms with E-state index in [9.17, 15) is 4.79 Å². The van der Waals surface area contributed by atoms with Gasteiger partial charge in [-0.15, -0.1) is 0 Å². The number of amides is 2. The molecule has 2 N–H and O–H groups in total. The Bertz CT molecular complexity index is 810. The smallest absolute Gasteiger partial charge is 0.315 e. The summed E-state index contributed by atoms with van der Waals surface area (Å²) in [6.45, 7) is 2.82. The predicted octanol–water partition coefficient (Wildman–Crippen LogP) is 3.63. The van der Waals surface area contributed by atoms with Gasteiger partial charge in [-0.05, 0) is 63.5 Å². The summed E-state index contributed by atoms with van der Waals surface area (Å²) in [5.74, 6) is 0.496. The van der Waals surface area contributed by atoms with Crippen molar-refractivity contribution in [2.75, 3.05) is 13.7 Å². The summed E-state index contributed by atoms with van der Waals surface area (Å²) < 4.78 is 7.69. The number of hydrogen-bond donors (Lipinski definition) is 1. The van der Waals surface area contributed by atoms with Crippen LogP contribution in [0.25, 0.3) is 10.9 Å². The van der Waals surface area contributed by atoms with E-state index in [2.05, 4.69) is 29.8 Å². The maximum Gasteiger partial charge on any atom is 0.315 e. The maximum absolute atomic E-state index is 12.1. The van der Waals surface area contributed by atoms with Crippen LogP contribution in [0.4, 0.5) is 4.79 Å². The van der Waals surface area contributed by atoms with E-state index in [1.807, 2.05) is 11.1 Å². The molecule has 27 heavy (non-hydrogen) atoms. The van der Waals surface area contributed by atoms with Crippen LogP contribution in [-0.2, 0) is 4.74 Å². The highest BCUT2D eigenvalue weighted by atomic mass is 16.5. The molecule has 1 aromatic heterocycles. The molecule has 2 atom stereocenters. The minimum absolute atomic E-state index is 0.198. The van der Waals surface area contributed by atoms with Crippen LogP contribution in [0, 0.1) is 12.8 Å². The van der Waals surface area contributed by atoms with E-state index in [1.54, 1.807) is 7.11 Å². The number of carbonyl (C=O) groups excluding carboxylic acids is 1. The van der Waals surface area contributed by atoms with Gasteiger partial charge in [0.05, 0.1) is 23.9 Å². The molecular weight excluding hydrogens is 340 g/mol. The molecule has 2 aliphatic rings. The summed E-state index contributed by atoms with van der Waals surface area (Å²) in [5.41, 5.74) is 8.16. The summed E-state index contributed by atoms with van der Waals surface area (Å²) in [6, 6.07) is 6.71. The maximum atomic E-state index is 12.1. The summed E-state index contributed by atoms with van der Waals surface area (Å²) in [4.78, 5) is 14.0. The van der Waals surface area contributed by atoms with Crippen LogP contribution in [0.1, 0.15) is 50.1 Å². The van der Waals surface area contributed by atoms with Gasteiger partial charge < -0.3 is 15.4 Å². The number of fused-ring (bicyclic) bond motifs is 1. The summed E-state index contributed by atoms with van der Waals surface area (Å²) in [7, 11) is 1.79. The monoisotopic (exact) mass is 370 g/mol. The molecule has 2 fully saturated rings. The van der Waals surface area contributed by atoms with Gasteiger partial charge in [-0.2, -0.15) is 5.10 Å². The Morgan fingerprint density at radius 2 is 2.00 bits per heavy atom. The third kappa shape index (κ3) is 3.55. The lowest BCUT2D eigenvalue weighted by atomic mass is 9.78. The van der Waals surface area contributed by atoms with Crippen LogP contribution in [0.3, 0.4) is 0 Å². The van der Waals surface area contributed by atoms with Gasteiger partial charge in [0.25, 0.3) is 0 Å². The molecule has 1 saturated heterocycles. The molecule has 2 heterocycles. The second-order valence-corrected chi connectivity index (χ2v) is 8.20. The second kappa shape index (κ2) is 7.50. The fraction of sp³-hybridized carbons (Fsp3) is 0.619. The van der Waals surface area contributed by atoms with Crippen molar-refractivity contribution in [2.24, 2.45) is 11.7 Å². The Morgan fingerprint density at radius 3 is 2.70 bits per heavy atom. The molecule has 1 aliphatic carbocycles. The molecule has 6 nitrogen and oxygen atoms in total. The molecule has 2 unspecified atom stereocenters. The van der Waals surface area contributed by atoms with E-state index in [0.29, 0.717) is 24.6 Å². The van der Waals surface area contributed by atoms with Crippen molar-refractivity contribution in [1.29, 1.82) is 0 Å². The van der Waals surface area contributed by atoms with E-state index in [-0.39, 0.29) is 12.1 Å². The average molecular weight is 370 g/mol. The first kappa shape index (κ1) is 18.3. The zero-order valence-corrected chi connectivity index (χ0v) is 16.3. The van der Waals surface area contributed by atoms with Crippen LogP contribution >= 0.6 is 0 Å². The second-order valence-electron chi connectivity index (χ2n) is 8.20. The van der Waals surface area contributed by atoms with Crippen molar-refractivity contribution in [3.8, 4) is 0 Å². The molecule has 0 spiro atoms. The summed E-state index contributed by atoms with van der Waals surface area (Å²) in [6.07, 6.45) is 8.48. The number of nitrogens with zero attached hydrogens (tertiary/aromatic N) is 3. The quantitative estimate of drug-likeness (QED) is 0.896. The SMILES string of the molecule is COC1CCC(C2CC(n3ncc4cc(C)ccc43)CCN2C(N)=O)CC1. The van der Waals surface area contributed by atoms with Crippen LogP contribution in [0.2, 0.25) is 0 Å². The first-order chi connectivity index (χ1) is 13.1. The highest BCUT2D eigenvalue weighted by molar-refractivity contribution is 5.79. The van der Waals surface area contributed by atoms with Crippen LogP contribution in [-0.4, -0.2) is 46.5 Å². The number of hydrogen-bond acceptors (Lipinski definition) is 3. The number of carbonyl (C=O) groups is 1. The number of methoxy groups -OCH3 is 1. The number of rotatable bonds is 3. The average Bonchev–Trinajstić information content (AvgIpc) is 3.10. The van der Waals surface area contributed by atoms with Crippen molar-refractivity contribution in [3.63, 3.8) is 0 Å². The highest BCUT2D eigenvalue weighted by Crippen LogP contribution is 2.38. The van der Waals surface area contributed by atoms with Crippen LogP contribution in [0.5, 0.6) is 0 Å². The number of likely N-dealkylation sites (tertiary alicyclic amines) is 1. The number of ether oxygens (including phenoxy) is 1. The van der Waals surface area contributed by atoms with Gasteiger partial charge in [0.15, 0.2) is 0 Å². The lowest BCUT2D eigenvalue weighted by molar-refractivity contribution is 0.0260. The molecule has 0 radical (unpaired) electrons.